The SMILES string of the molecule is Cc1cc(N2CCOCC2)nc(Nc2ccc(NS(=O)(=O)c3cnc[nH]3)cc2)n1. The highest BCUT2D eigenvalue weighted by molar-refractivity contribution is 7.92. The van der Waals surface area contributed by atoms with Crippen LogP contribution in [-0.4, -0.2) is 54.7 Å². The van der Waals surface area contributed by atoms with Gasteiger partial charge in [0.25, 0.3) is 10.0 Å². The number of aromatic nitrogens is 4. The van der Waals surface area contributed by atoms with Gasteiger partial charge in [0, 0.05) is 36.2 Å². The monoisotopic (exact) mass is 415 g/mol. The molecule has 1 saturated heterocycles. The van der Waals surface area contributed by atoms with Crippen molar-refractivity contribution in [3.05, 3.63) is 48.5 Å². The number of morpholine rings is 1. The molecule has 1 aliphatic heterocycles. The van der Waals surface area contributed by atoms with Gasteiger partial charge >= 0.3 is 0 Å². The Morgan fingerprint density at radius 3 is 2.52 bits per heavy atom. The van der Waals surface area contributed by atoms with Crippen molar-refractivity contribution in [2.75, 3.05) is 41.2 Å². The number of nitrogens with zero attached hydrogens (tertiary/aromatic N) is 4. The van der Waals surface area contributed by atoms with E-state index < -0.39 is 10.0 Å². The molecule has 3 heterocycles. The first-order valence-corrected chi connectivity index (χ1v) is 10.5. The van der Waals surface area contributed by atoms with Crippen LogP contribution in [0.15, 0.2) is 47.9 Å². The number of benzene rings is 1. The second-order valence-electron chi connectivity index (χ2n) is 6.51. The number of H-pyrrole nitrogens is 1. The van der Waals surface area contributed by atoms with E-state index in [9.17, 15) is 8.42 Å². The van der Waals surface area contributed by atoms with Crippen LogP contribution in [0.1, 0.15) is 5.69 Å². The molecule has 1 aliphatic rings. The van der Waals surface area contributed by atoms with E-state index >= 15 is 0 Å². The standard InChI is InChI=1S/C18H21N7O3S/c1-13-10-16(25-6-8-28-9-7-25)23-18(21-13)22-14-2-4-15(5-3-14)24-29(26,27)17-11-19-12-20-17/h2-5,10-12,24H,6-9H2,1H3,(H,19,20)(H,21,22,23). The normalized spacial score (nSPS) is 14.6. The molecule has 0 bridgehead atoms. The minimum absolute atomic E-state index is 0.00324. The van der Waals surface area contributed by atoms with Crippen LogP contribution in [0.25, 0.3) is 0 Å². The molecule has 0 spiro atoms. The summed E-state index contributed by atoms with van der Waals surface area (Å²) in [4.78, 5) is 17.5. The zero-order valence-electron chi connectivity index (χ0n) is 15.8. The third-order valence-corrected chi connectivity index (χ3v) is 5.64. The summed E-state index contributed by atoms with van der Waals surface area (Å²) in [6.07, 6.45) is 2.56. The van der Waals surface area contributed by atoms with Gasteiger partial charge in [-0.3, -0.25) is 4.72 Å². The third kappa shape index (κ3) is 4.63. The predicted octanol–water partition coefficient (Wildman–Crippen LogP) is 1.89. The minimum atomic E-state index is -3.69. The lowest BCUT2D eigenvalue weighted by Crippen LogP contribution is -2.36. The first-order valence-electron chi connectivity index (χ1n) is 9.06. The number of rotatable bonds is 6. The van der Waals surface area contributed by atoms with Gasteiger partial charge in [-0.1, -0.05) is 0 Å². The molecule has 4 rings (SSSR count). The summed E-state index contributed by atoms with van der Waals surface area (Å²) < 4.78 is 32.4. The molecular formula is C18H21N7O3S. The van der Waals surface area contributed by atoms with Crippen LogP contribution < -0.4 is 14.9 Å². The summed E-state index contributed by atoms with van der Waals surface area (Å²) in [7, 11) is -3.69. The van der Waals surface area contributed by atoms with Crippen LogP contribution in [0.2, 0.25) is 0 Å². The molecule has 11 heteroatoms. The summed E-state index contributed by atoms with van der Waals surface area (Å²) in [5, 5.41) is 3.17. The first kappa shape index (κ1) is 19.2. The molecule has 0 amide bonds. The van der Waals surface area contributed by atoms with Gasteiger partial charge in [0.1, 0.15) is 5.82 Å². The van der Waals surface area contributed by atoms with Crippen molar-refractivity contribution in [3.8, 4) is 0 Å². The highest BCUT2D eigenvalue weighted by Gasteiger charge is 2.16. The molecule has 10 nitrogen and oxygen atoms in total. The van der Waals surface area contributed by atoms with Crippen LogP contribution in [0, 0.1) is 6.92 Å². The predicted molar refractivity (Wildman–Crippen MR) is 109 cm³/mol. The molecule has 2 aromatic heterocycles. The van der Waals surface area contributed by atoms with Gasteiger partial charge in [0.05, 0.1) is 25.7 Å². The number of hydrogen-bond acceptors (Lipinski definition) is 8. The van der Waals surface area contributed by atoms with Crippen molar-refractivity contribution in [3.63, 3.8) is 0 Å². The lowest BCUT2D eigenvalue weighted by molar-refractivity contribution is 0.122. The van der Waals surface area contributed by atoms with E-state index in [1.165, 1.54) is 12.5 Å². The largest absolute Gasteiger partial charge is 0.378 e. The molecule has 1 fully saturated rings. The number of aromatic amines is 1. The molecule has 29 heavy (non-hydrogen) atoms. The lowest BCUT2D eigenvalue weighted by atomic mass is 10.3. The number of anilines is 4. The fraction of sp³-hybridized carbons (Fsp3) is 0.278. The maximum Gasteiger partial charge on any atom is 0.278 e. The number of imidazole rings is 1. The molecule has 0 unspecified atom stereocenters. The van der Waals surface area contributed by atoms with E-state index in [1.807, 2.05) is 13.0 Å². The highest BCUT2D eigenvalue weighted by Crippen LogP contribution is 2.21. The van der Waals surface area contributed by atoms with Crippen LogP contribution in [0.4, 0.5) is 23.1 Å². The Balaban J connectivity index is 1.47. The summed E-state index contributed by atoms with van der Waals surface area (Å²) in [6, 6.07) is 8.78. The van der Waals surface area contributed by atoms with E-state index in [4.69, 9.17) is 4.74 Å². The van der Waals surface area contributed by atoms with E-state index in [0.717, 1.165) is 30.3 Å². The molecule has 1 aromatic carbocycles. The van der Waals surface area contributed by atoms with Crippen LogP contribution in [0.3, 0.4) is 0 Å². The van der Waals surface area contributed by atoms with Gasteiger partial charge in [0.2, 0.25) is 5.95 Å². The maximum absolute atomic E-state index is 12.2. The second kappa shape index (κ2) is 8.05. The summed E-state index contributed by atoms with van der Waals surface area (Å²) >= 11 is 0. The Labute approximate surface area is 168 Å². The molecule has 0 aliphatic carbocycles. The first-order chi connectivity index (χ1) is 14.0. The van der Waals surface area contributed by atoms with Gasteiger partial charge in [-0.2, -0.15) is 13.4 Å². The summed E-state index contributed by atoms with van der Waals surface area (Å²) in [5.74, 6) is 1.34. The lowest BCUT2D eigenvalue weighted by Gasteiger charge is -2.28. The van der Waals surface area contributed by atoms with Crippen LogP contribution in [0.5, 0.6) is 0 Å². The Hall–Kier alpha value is -3.18. The minimum Gasteiger partial charge on any atom is -0.378 e. The van der Waals surface area contributed by atoms with E-state index in [1.54, 1.807) is 24.3 Å². The Kier molecular flexibility index (Phi) is 5.32. The molecule has 3 N–H and O–H groups in total. The number of sulfonamides is 1. The quantitative estimate of drug-likeness (QED) is 0.557. The van der Waals surface area contributed by atoms with Crippen molar-refractivity contribution < 1.29 is 13.2 Å². The number of ether oxygens (including phenoxy) is 1. The average Bonchev–Trinajstić information content (AvgIpc) is 3.26. The second-order valence-corrected chi connectivity index (χ2v) is 8.17. The highest BCUT2D eigenvalue weighted by atomic mass is 32.2. The Bertz CT molecular complexity index is 1060. The zero-order valence-corrected chi connectivity index (χ0v) is 16.6. The fourth-order valence-electron chi connectivity index (χ4n) is 2.91. The molecule has 3 aromatic rings. The van der Waals surface area contributed by atoms with Gasteiger partial charge < -0.3 is 19.9 Å². The van der Waals surface area contributed by atoms with Gasteiger partial charge in [0.15, 0.2) is 5.03 Å². The molecular weight excluding hydrogens is 394 g/mol. The molecule has 0 radical (unpaired) electrons. The zero-order chi connectivity index (χ0) is 20.3. The average molecular weight is 415 g/mol. The summed E-state index contributed by atoms with van der Waals surface area (Å²) in [6.45, 7) is 4.87. The van der Waals surface area contributed by atoms with Crippen molar-refractivity contribution in [1.82, 2.24) is 19.9 Å². The Morgan fingerprint density at radius 1 is 1.10 bits per heavy atom. The number of hydrogen-bond donors (Lipinski definition) is 3. The van der Waals surface area contributed by atoms with Gasteiger partial charge in [-0.05, 0) is 31.2 Å². The smallest absolute Gasteiger partial charge is 0.278 e. The van der Waals surface area contributed by atoms with Crippen molar-refractivity contribution in [2.45, 2.75) is 11.9 Å². The maximum atomic E-state index is 12.2. The van der Waals surface area contributed by atoms with Gasteiger partial charge in [-0.15, -0.1) is 0 Å². The molecule has 0 saturated carbocycles. The molecule has 152 valence electrons. The van der Waals surface area contributed by atoms with Crippen molar-refractivity contribution in [1.29, 1.82) is 0 Å². The third-order valence-electron chi connectivity index (χ3n) is 4.33. The fourth-order valence-corrected chi connectivity index (χ4v) is 3.88. The van der Waals surface area contributed by atoms with Crippen LogP contribution in [-0.2, 0) is 14.8 Å². The number of nitrogens with one attached hydrogen (secondary N) is 3. The van der Waals surface area contributed by atoms with Gasteiger partial charge in [-0.25, -0.2) is 9.97 Å². The molecule has 0 atom stereocenters. The number of aryl methyl sites for hydroxylation is 1. The Morgan fingerprint density at radius 2 is 1.83 bits per heavy atom. The van der Waals surface area contributed by atoms with Crippen molar-refractivity contribution >= 4 is 33.2 Å². The summed E-state index contributed by atoms with van der Waals surface area (Å²) in [5.41, 5.74) is 2.03. The topological polar surface area (TPSA) is 125 Å². The van der Waals surface area contributed by atoms with E-state index in [0.29, 0.717) is 24.8 Å². The van der Waals surface area contributed by atoms with E-state index in [-0.39, 0.29) is 5.03 Å². The van der Waals surface area contributed by atoms with Crippen LogP contribution >= 0.6 is 0 Å². The van der Waals surface area contributed by atoms with Crippen molar-refractivity contribution in [2.24, 2.45) is 0 Å². The van der Waals surface area contributed by atoms with E-state index in [2.05, 4.69) is 34.9 Å².